The van der Waals surface area contributed by atoms with Crippen molar-refractivity contribution in [3.8, 4) is 0 Å². The third kappa shape index (κ3) is 25.0. The Labute approximate surface area is 575 Å². The van der Waals surface area contributed by atoms with Crippen LogP contribution >= 0.6 is 0 Å². The highest BCUT2D eigenvalue weighted by atomic mass is 16.6. The summed E-state index contributed by atoms with van der Waals surface area (Å²) in [5.41, 5.74) is 4.68. The van der Waals surface area contributed by atoms with E-state index in [0.29, 0.717) is 72.1 Å². The normalized spacial score (nSPS) is 16.1. The number of likely N-dealkylation sites (N-methyl/N-ethyl adjacent to an activating group) is 3. The van der Waals surface area contributed by atoms with Gasteiger partial charge in [-0.05, 0) is 71.3 Å². The number of anilines is 1. The third-order valence-electron chi connectivity index (χ3n) is 18.7. The molecule has 2 aliphatic rings. The lowest BCUT2D eigenvalue weighted by atomic mass is 9.86. The third-order valence-corrected chi connectivity index (χ3v) is 18.7. The Balaban J connectivity index is 0.952. The van der Waals surface area contributed by atoms with E-state index in [1.54, 1.807) is 47.7 Å². The average Bonchev–Trinajstić information content (AvgIpc) is 1.70. The van der Waals surface area contributed by atoms with Crippen LogP contribution in [-0.2, 0) is 79.8 Å². The number of nitrogens with one attached hydrogen (secondary N) is 3. The molecule has 0 spiro atoms. The Bertz CT molecular complexity index is 3040. The fourth-order valence-electron chi connectivity index (χ4n) is 12.6. The van der Waals surface area contributed by atoms with Crippen molar-refractivity contribution >= 4 is 71.1 Å². The fourth-order valence-corrected chi connectivity index (χ4v) is 12.6. The highest BCUT2D eigenvalue weighted by molar-refractivity contribution is 5.97. The largest absolute Gasteiger partial charge is 0.480 e. The van der Waals surface area contributed by atoms with Gasteiger partial charge in [0.2, 0.25) is 47.3 Å². The molecule has 4 N–H and O–H groups in total. The first-order valence-corrected chi connectivity index (χ1v) is 34.6. The van der Waals surface area contributed by atoms with Crippen LogP contribution in [0, 0.1) is 29.6 Å². The number of nitrogens with zero attached hydrogens (tertiary/aromatic N) is 5. The van der Waals surface area contributed by atoms with Crippen LogP contribution < -0.4 is 20.9 Å². The van der Waals surface area contributed by atoms with Crippen molar-refractivity contribution < 1.29 is 71.9 Å². The maximum Gasteiger partial charge on any atom is 0.326 e. The molecule has 1 unspecified atom stereocenters. The minimum Gasteiger partial charge on any atom is -0.480 e. The molecule has 0 radical (unpaired) electrons. The number of rotatable bonds is 42. The van der Waals surface area contributed by atoms with Crippen LogP contribution in [0.2, 0.25) is 0 Å². The summed E-state index contributed by atoms with van der Waals surface area (Å²) in [5.74, 6) is -5.12. The van der Waals surface area contributed by atoms with E-state index < -0.39 is 54.0 Å². The van der Waals surface area contributed by atoms with Gasteiger partial charge < -0.3 is 69.2 Å². The molecule has 2 heterocycles. The van der Waals surface area contributed by atoms with Crippen molar-refractivity contribution in [3.05, 3.63) is 101 Å². The lowest BCUT2D eigenvalue weighted by molar-refractivity contribution is -0.148. The highest BCUT2D eigenvalue weighted by Gasteiger charge is 2.43. The summed E-state index contributed by atoms with van der Waals surface area (Å²) in [6.45, 7) is 18.9. The molecule has 0 aliphatic carbocycles. The summed E-state index contributed by atoms with van der Waals surface area (Å²) < 4.78 is 28.5. The van der Waals surface area contributed by atoms with Gasteiger partial charge in [-0.2, -0.15) is 0 Å². The second-order valence-electron chi connectivity index (χ2n) is 26.3. The van der Waals surface area contributed by atoms with Crippen LogP contribution in [0.25, 0.3) is 12.2 Å². The van der Waals surface area contributed by atoms with E-state index in [-0.39, 0.29) is 130 Å². The molecule has 1 fully saturated rings. The van der Waals surface area contributed by atoms with Crippen LogP contribution in [-0.4, -0.2) is 215 Å². The van der Waals surface area contributed by atoms with Crippen molar-refractivity contribution in [2.24, 2.45) is 29.6 Å². The molecular weight excluding hydrogens is 1240 g/mol. The maximum atomic E-state index is 14.7. The molecule has 2 aliphatic heterocycles. The minimum atomic E-state index is -1.13. The van der Waals surface area contributed by atoms with Gasteiger partial charge >= 0.3 is 5.97 Å². The number of hydrogen-bond acceptors (Lipinski definition) is 14. The topological polar surface area (TPSA) is 272 Å². The second-order valence-corrected chi connectivity index (χ2v) is 26.3. The first-order chi connectivity index (χ1) is 46.4. The number of carboxylic acid groups (broad SMARTS) is 1. The van der Waals surface area contributed by atoms with Gasteiger partial charge in [0.1, 0.15) is 18.1 Å². The zero-order valence-corrected chi connectivity index (χ0v) is 59.5. The standard InChI is InChI=1S/C74H110N8O15/c1-13-52(6)70(62(93-12)48-67(87)81-37-22-29-60(81)53(7)54(8)71(88)76-59(74(91)92)47-55-23-15-14-16-24-55)80(11)73(90)68(50(2)3)77-72(89)69(51(4)5)79(10)65(85)31-21-30-64(84)78(9)38-40-95-42-44-97-46-45-96-43-41-94-39-35-63(83)75-36-34-66(86)82-49-58-27-18-17-25-56(58)32-33-57-26-19-20-28-61(57)82/h14-20,23-28,32-33,50-54,59-60,62,68-70H,13,21-22,29-31,34-49H2,1-12H3,(H,75,83)(H,76,88)(H,77,89)(H,91,92)/t52-,53+,54+,59+,60?,62+,68-,69-,70-/m0/s1. The van der Waals surface area contributed by atoms with Gasteiger partial charge in [-0.25, -0.2) is 4.79 Å². The molecule has 23 heteroatoms. The zero-order valence-electron chi connectivity index (χ0n) is 59.5. The first kappa shape index (κ1) is 80.1. The van der Waals surface area contributed by atoms with Gasteiger partial charge in [-0.15, -0.1) is 0 Å². The number of aliphatic carboxylic acids is 1. The SMILES string of the molecule is CC[C@H](C)[C@@H]([C@@H](CC(=O)N1CCCC1[C@H](C)[C@@H](C)C(=O)N[C@H](Cc1ccccc1)C(=O)O)OC)N(C)C(=O)[C@@H](NC(=O)[C@H](C(C)C)N(C)C(=O)CCCC(=O)N(C)CCOCCOCCOCCOCCC(=O)NCCC(=O)N1Cc2ccccc2C=Cc2ccccc21)C(C)C. The minimum absolute atomic E-state index is 0.0175. The number of methoxy groups -OCH3 is 1. The van der Waals surface area contributed by atoms with E-state index in [9.17, 15) is 48.3 Å². The Kier molecular flexibility index (Phi) is 34.4. The predicted molar refractivity (Wildman–Crippen MR) is 372 cm³/mol. The van der Waals surface area contributed by atoms with Crippen molar-refractivity contribution in [3.63, 3.8) is 0 Å². The number of carboxylic acids is 1. The lowest BCUT2D eigenvalue weighted by Crippen LogP contribution is -2.60. The molecule has 3 aromatic rings. The molecule has 536 valence electrons. The number of hydrogen-bond donors (Lipinski definition) is 4. The molecule has 23 nitrogen and oxygen atoms in total. The van der Waals surface area contributed by atoms with Gasteiger partial charge in [0.15, 0.2) is 0 Å². The Morgan fingerprint density at radius 2 is 1.25 bits per heavy atom. The van der Waals surface area contributed by atoms with Gasteiger partial charge in [0.05, 0.1) is 83.7 Å². The number of carbonyl (C=O) groups excluding carboxylic acids is 8. The average molecular weight is 1350 g/mol. The number of likely N-dealkylation sites (tertiary alicyclic amines) is 1. The summed E-state index contributed by atoms with van der Waals surface area (Å²) in [6, 6.07) is 21.0. The molecule has 8 amide bonds. The van der Waals surface area contributed by atoms with Crippen molar-refractivity contribution in [2.45, 2.75) is 162 Å². The molecule has 0 bridgehead atoms. The van der Waals surface area contributed by atoms with Crippen molar-refractivity contribution in [1.82, 2.24) is 35.6 Å². The highest BCUT2D eigenvalue weighted by Crippen LogP contribution is 2.33. The quantitative estimate of drug-likeness (QED) is 0.0406. The van der Waals surface area contributed by atoms with Gasteiger partial charge in [-0.1, -0.05) is 147 Å². The van der Waals surface area contributed by atoms with Crippen LogP contribution in [0.3, 0.4) is 0 Å². The number of ether oxygens (including phenoxy) is 5. The second kappa shape index (κ2) is 41.6. The molecule has 0 saturated carbocycles. The summed E-state index contributed by atoms with van der Waals surface area (Å²) in [7, 11) is 6.40. The molecule has 3 aromatic carbocycles. The van der Waals surface area contributed by atoms with Gasteiger partial charge in [0, 0.05) is 92.0 Å². The van der Waals surface area contributed by atoms with Crippen molar-refractivity contribution in [2.75, 3.05) is 106 Å². The molecule has 0 aromatic heterocycles. The predicted octanol–water partition coefficient (Wildman–Crippen LogP) is 7.27. The monoisotopic (exact) mass is 1350 g/mol. The van der Waals surface area contributed by atoms with Crippen LogP contribution in [0.15, 0.2) is 78.9 Å². The lowest BCUT2D eigenvalue weighted by Gasteiger charge is -2.41. The number of para-hydroxylation sites is 1. The van der Waals surface area contributed by atoms with Crippen LogP contribution in [0.4, 0.5) is 5.69 Å². The Morgan fingerprint density at radius 3 is 1.88 bits per heavy atom. The molecule has 5 rings (SSSR count). The Morgan fingerprint density at radius 1 is 0.649 bits per heavy atom. The van der Waals surface area contributed by atoms with Gasteiger partial charge in [-0.3, -0.25) is 38.4 Å². The van der Waals surface area contributed by atoms with E-state index in [2.05, 4.69) is 22.0 Å². The molecule has 1 saturated heterocycles. The fraction of sp³-hybridized carbons (Fsp3) is 0.608. The first-order valence-electron chi connectivity index (χ1n) is 34.6. The number of carbonyl (C=O) groups is 9. The van der Waals surface area contributed by atoms with Crippen LogP contribution in [0.5, 0.6) is 0 Å². The zero-order chi connectivity index (χ0) is 71.1. The van der Waals surface area contributed by atoms with Crippen LogP contribution in [0.1, 0.15) is 135 Å². The summed E-state index contributed by atoms with van der Waals surface area (Å²) in [6.07, 6.45) is 6.16. The van der Waals surface area contributed by atoms with E-state index in [1.807, 2.05) is 133 Å². The number of fused-ring (bicyclic) bond motifs is 2. The Hall–Kier alpha value is -7.57. The number of amides is 8. The number of benzene rings is 3. The molecule has 97 heavy (non-hydrogen) atoms. The summed E-state index contributed by atoms with van der Waals surface area (Å²) in [4.78, 5) is 130. The van der Waals surface area contributed by atoms with E-state index in [4.69, 9.17) is 23.7 Å². The molecular formula is C74H110N8O15. The van der Waals surface area contributed by atoms with Crippen molar-refractivity contribution in [1.29, 1.82) is 0 Å². The molecule has 9 atom stereocenters. The smallest absolute Gasteiger partial charge is 0.326 e. The maximum absolute atomic E-state index is 14.7. The summed E-state index contributed by atoms with van der Waals surface area (Å²) >= 11 is 0. The van der Waals surface area contributed by atoms with E-state index in [0.717, 1.165) is 34.4 Å². The van der Waals surface area contributed by atoms with E-state index >= 15 is 0 Å². The van der Waals surface area contributed by atoms with Gasteiger partial charge in [0.25, 0.3) is 0 Å². The summed E-state index contributed by atoms with van der Waals surface area (Å²) in [5, 5.41) is 18.5. The van der Waals surface area contributed by atoms with E-state index in [1.165, 1.54) is 12.0 Å².